The Hall–Kier alpha value is -2.47. The van der Waals surface area contributed by atoms with Gasteiger partial charge in [-0.3, -0.25) is 9.59 Å². The lowest BCUT2D eigenvalue weighted by molar-refractivity contribution is -0.137. The van der Waals surface area contributed by atoms with E-state index in [1.807, 2.05) is 35.2 Å². The average Bonchev–Trinajstić information content (AvgIpc) is 3.35. The molecule has 0 spiro atoms. The molecule has 0 atom stereocenters. The topological polar surface area (TPSA) is 53.0 Å². The van der Waals surface area contributed by atoms with Gasteiger partial charge in [0.2, 0.25) is 11.8 Å². The smallest absolute Gasteiger partial charge is 0.243 e. The lowest BCUT2D eigenvalue weighted by Crippen LogP contribution is -2.36. The Labute approximate surface area is 156 Å². The van der Waals surface area contributed by atoms with E-state index in [2.05, 4.69) is 16.5 Å². The number of thiophene rings is 1. The van der Waals surface area contributed by atoms with Crippen molar-refractivity contribution in [1.82, 2.24) is 9.91 Å². The second kappa shape index (κ2) is 7.41. The lowest BCUT2D eigenvalue weighted by Gasteiger charge is -2.27. The van der Waals surface area contributed by atoms with Crippen molar-refractivity contribution < 1.29 is 9.59 Å². The number of amides is 2. The average molecular weight is 367 g/mol. The molecule has 4 rings (SSSR count). The summed E-state index contributed by atoms with van der Waals surface area (Å²) in [4.78, 5) is 28.1. The minimum absolute atomic E-state index is 0.0571. The van der Waals surface area contributed by atoms with Gasteiger partial charge in [0.15, 0.2) is 0 Å². The highest BCUT2D eigenvalue weighted by Gasteiger charge is 2.25. The molecule has 2 aliphatic heterocycles. The van der Waals surface area contributed by atoms with E-state index in [1.165, 1.54) is 15.4 Å². The third-order valence-corrected chi connectivity index (χ3v) is 5.93. The van der Waals surface area contributed by atoms with Crippen molar-refractivity contribution in [2.75, 3.05) is 13.1 Å². The van der Waals surface area contributed by atoms with Crippen LogP contribution in [-0.2, 0) is 22.6 Å². The summed E-state index contributed by atoms with van der Waals surface area (Å²) in [5.41, 5.74) is 3.24. The van der Waals surface area contributed by atoms with Crippen molar-refractivity contribution in [2.24, 2.45) is 5.10 Å². The lowest BCUT2D eigenvalue weighted by atomic mass is 10.1. The van der Waals surface area contributed by atoms with Crippen LogP contribution in [0.25, 0.3) is 0 Å². The van der Waals surface area contributed by atoms with Gasteiger partial charge in [0.1, 0.15) is 0 Å². The van der Waals surface area contributed by atoms with Crippen LogP contribution in [0.2, 0.25) is 0 Å². The zero-order valence-corrected chi connectivity index (χ0v) is 15.4. The van der Waals surface area contributed by atoms with Gasteiger partial charge >= 0.3 is 0 Å². The molecule has 6 heteroatoms. The number of hydrogen-bond donors (Lipinski definition) is 0. The molecule has 1 aromatic heterocycles. The van der Waals surface area contributed by atoms with Gasteiger partial charge < -0.3 is 4.90 Å². The predicted molar refractivity (Wildman–Crippen MR) is 102 cm³/mol. The van der Waals surface area contributed by atoms with Crippen LogP contribution < -0.4 is 0 Å². The van der Waals surface area contributed by atoms with E-state index in [0.29, 0.717) is 13.1 Å². The van der Waals surface area contributed by atoms with Gasteiger partial charge in [0, 0.05) is 37.2 Å². The molecule has 1 aromatic carbocycles. The Balaban J connectivity index is 1.30. The fourth-order valence-electron chi connectivity index (χ4n) is 3.43. The molecule has 0 radical (unpaired) electrons. The summed E-state index contributed by atoms with van der Waals surface area (Å²) in [6, 6.07) is 12.0. The van der Waals surface area contributed by atoms with Gasteiger partial charge in [-0.1, -0.05) is 30.3 Å². The number of hydrogen-bond acceptors (Lipinski definition) is 4. The number of carbonyl (C=O) groups excluding carboxylic acids is 2. The monoisotopic (exact) mass is 367 g/mol. The largest absolute Gasteiger partial charge is 0.338 e. The molecule has 134 valence electrons. The summed E-state index contributed by atoms with van der Waals surface area (Å²) >= 11 is 1.76. The van der Waals surface area contributed by atoms with E-state index in [0.717, 1.165) is 30.7 Å². The Bertz CT molecular complexity index is 844. The first-order valence-corrected chi connectivity index (χ1v) is 9.85. The van der Waals surface area contributed by atoms with Crippen LogP contribution in [0.3, 0.4) is 0 Å². The standard InChI is InChI=1S/C20H21N3O2S/c24-19(22-11-9-18-16(14-22)10-13-26-18)6-7-20(25)23-12-8-17(21-23)15-4-2-1-3-5-15/h1-5,10,13H,6-9,11-12,14H2. The maximum Gasteiger partial charge on any atom is 0.243 e. The predicted octanol–water partition coefficient (Wildman–Crippen LogP) is 3.05. The first-order chi connectivity index (χ1) is 12.7. The van der Waals surface area contributed by atoms with Crippen LogP contribution in [0, 0.1) is 0 Å². The van der Waals surface area contributed by atoms with Gasteiger partial charge in [-0.05, 0) is 29.0 Å². The minimum atomic E-state index is -0.0717. The van der Waals surface area contributed by atoms with Crippen LogP contribution in [0.15, 0.2) is 46.9 Å². The fraction of sp³-hybridized carbons (Fsp3) is 0.350. The van der Waals surface area contributed by atoms with Crippen LogP contribution in [-0.4, -0.2) is 40.5 Å². The SMILES string of the molecule is O=C(CCC(=O)N1CCC(c2ccccc2)=N1)N1CCc2sccc2C1. The Morgan fingerprint density at radius 1 is 1.00 bits per heavy atom. The third-order valence-electron chi connectivity index (χ3n) is 4.91. The quantitative estimate of drug-likeness (QED) is 0.834. The van der Waals surface area contributed by atoms with E-state index in [9.17, 15) is 9.59 Å². The zero-order chi connectivity index (χ0) is 17.9. The van der Waals surface area contributed by atoms with E-state index in [-0.39, 0.29) is 24.7 Å². The maximum atomic E-state index is 12.5. The molecule has 26 heavy (non-hydrogen) atoms. The molecule has 0 aliphatic carbocycles. The summed E-state index contributed by atoms with van der Waals surface area (Å²) in [6.07, 6.45) is 2.16. The number of rotatable bonds is 4. The Kier molecular flexibility index (Phi) is 4.84. The molecule has 2 aromatic rings. The highest BCUT2D eigenvalue weighted by Crippen LogP contribution is 2.24. The molecule has 0 N–H and O–H groups in total. The van der Waals surface area contributed by atoms with Crippen LogP contribution in [0.5, 0.6) is 0 Å². The van der Waals surface area contributed by atoms with E-state index >= 15 is 0 Å². The fourth-order valence-corrected chi connectivity index (χ4v) is 4.32. The van der Waals surface area contributed by atoms with Gasteiger partial charge in [0.05, 0.1) is 12.3 Å². The van der Waals surface area contributed by atoms with Crippen molar-refractivity contribution in [2.45, 2.75) is 32.2 Å². The number of nitrogens with zero attached hydrogens (tertiary/aromatic N) is 3. The first-order valence-electron chi connectivity index (χ1n) is 8.97. The van der Waals surface area contributed by atoms with Gasteiger partial charge in [-0.15, -0.1) is 11.3 Å². The molecule has 2 aliphatic rings. The summed E-state index contributed by atoms with van der Waals surface area (Å²) in [5, 5.41) is 8.05. The van der Waals surface area contributed by atoms with Crippen LogP contribution in [0.4, 0.5) is 0 Å². The second-order valence-corrected chi connectivity index (χ2v) is 7.61. The number of fused-ring (bicyclic) bond motifs is 1. The zero-order valence-electron chi connectivity index (χ0n) is 14.6. The molecule has 0 bridgehead atoms. The normalized spacial score (nSPS) is 16.4. The molecule has 0 unspecified atom stereocenters. The van der Waals surface area contributed by atoms with Gasteiger partial charge in [-0.25, -0.2) is 5.01 Å². The third kappa shape index (κ3) is 3.55. The van der Waals surface area contributed by atoms with Crippen LogP contribution in [0.1, 0.15) is 35.3 Å². The number of benzene rings is 1. The summed E-state index contributed by atoms with van der Waals surface area (Å²) in [6.45, 7) is 2.02. The van der Waals surface area contributed by atoms with Crippen LogP contribution >= 0.6 is 11.3 Å². The summed E-state index contributed by atoms with van der Waals surface area (Å²) < 4.78 is 0. The van der Waals surface area contributed by atoms with Crippen molar-refractivity contribution in [3.63, 3.8) is 0 Å². The summed E-state index contributed by atoms with van der Waals surface area (Å²) in [5.74, 6) is -0.0147. The summed E-state index contributed by atoms with van der Waals surface area (Å²) in [7, 11) is 0. The van der Waals surface area contributed by atoms with E-state index in [1.54, 1.807) is 11.3 Å². The molecular formula is C20H21N3O2S. The van der Waals surface area contributed by atoms with E-state index in [4.69, 9.17) is 0 Å². The molecule has 0 fully saturated rings. The molecule has 0 saturated heterocycles. The maximum absolute atomic E-state index is 12.5. The van der Waals surface area contributed by atoms with Gasteiger partial charge in [-0.2, -0.15) is 5.10 Å². The van der Waals surface area contributed by atoms with Crippen molar-refractivity contribution >= 4 is 28.9 Å². The van der Waals surface area contributed by atoms with Gasteiger partial charge in [0.25, 0.3) is 0 Å². The number of hydrazone groups is 1. The first kappa shape index (κ1) is 17.0. The molecule has 5 nitrogen and oxygen atoms in total. The molecule has 0 saturated carbocycles. The van der Waals surface area contributed by atoms with Crippen molar-refractivity contribution in [3.05, 3.63) is 57.8 Å². The van der Waals surface area contributed by atoms with Crippen molar-refractivity contribution in [3.8, 4) is 0 Å². The van der Waals surface area contributed by atoms with Crippen molar-refractivity contribution in [1.29, 1.82) is 0 Å². The van der Waals surface area contributed by atoms with E-state index < -0.39 is 0 Å². The second-order valence-electron chi connectivity index (χ2n) is 6.61. The molecule has 2 amide bonds. The highest BCUT2D eigenvalue weighted by molar-refractivity contribution is 7.10. The highest BCUT2D eigenvalue weighted by atomic mass is 32.1. The Morgan fingerprint density at radius 3 is 2.65 bits per heavy atom. The molecular weight excluding hydrogens is 346 g/mol. The molecule has 3 heterocycles. The number of carbonyl (C=O) groups is 2. The Morgan fingerprint density at radius 2 is 1.81 bits per heavy atom. The minimum Gasteiger partial charge on any atom is -0.338 e.